The van der Waals surface area contributed by atoms with Crippen LogP contribution in [0, 0.1) is 10.1 Å². The molecule has 0 aliphatic carbocycles. The Morgan fingerprint density at radius 1 is 1.20 bits per heavy atom. The number of nitrogens with zero attached hydrogens (tertiary/aromatic N) is 2. The van der Waals surface area contributed by atoms with Gasteiger partial charge in [-0.3, -0.25) is 14.9 Å². The second-order valence-electron chi connectivity index (χ2n) is 4.75. The van der Waals surface area contributed by atoms with Crippen molar-refractivity contribution in [3.63, 3.8) is 0 Å². The first kappa shape index (κ1) is 18.3. The predicted molar refractivity (Wildman–Crippen MR) is 98.6 cm³/mol. The standard InChI is InChI=1S/C17H14BrN3O4/c18-14(10-13-6-2-1-3-7-13)11-19-20-17(22)12-25-16-9-5-4-8-15(16)21(23)24/h1-11H,12H2,(H,20,22)/b14-10-,19-11+. The normalized spacial score (nSPS) is 11.3. The van der Waals surface area contributed by atoms with Crippen LogP contribution in [0.25, 0.3) is 6.08 Å². The van der Waals surface area contributed by atoms with Gasteiger partial charge in [0, 0.05) is 10.5 Å². The van der Waals surface area contributed by atoms with Crippen molar-refractivity contribution in [2.75, 3.05) is 6.61 Å². The Kier molecular flexibility index (Phi) is 6.85. The van der Waals surface area contributed by atoms with E-state index >= 15 is 0 Å². The molecule has 7 nitrogen and oxygen atoms in total. The highest BCUT2D eigenvalue weighted by Gasteiger charge is 2.14. The zero-order valence-electron chi connectivity index (χ0n) is 13.0. The monoisotopic (exact) mass is 403 g/mol. The van der Waals surface area contributed by atoms with Crippen molar-refractivity contribution in [2.45, 2.75) is 0 Å². The maximum atomic E-state index is 11.7. The highest BCUT2D eigenvalue weighted by Crippen LogP contribution is 2.25. The summed E-state index contributed by atoms with van der Waals surface area (Å²) in [5.41, 5.74) is 3.06. The molecule has 0 aromatic heterocycles. The van der Waals surface area contributed by atoms with Gasteiger partial charge in [0.25, 0.3) is 5.91 Å². The SMILES string of the molecule is O=C(COc1ccccc1[N+](=O)[O-])N/N=C/C(Br)=C/c1ccccc1. The fourth-order valence-electron chi connectivity index (χ4n) is 1.82. The molecule has 0 atom stereocenters. The van der Waals surface area contributed by atoms with Gasteiger partial charge >= 0.3 is 5.69 Å². The molecule has 2 aromatic carbocycles. The number of allylic oxidation sites excluding steroid dienone is 1. The molecular formula is C17H14BrN3O4. The molecule has 0 heterocycles. The number of halogens is 1. The van der Waals surface area contributed by atoms with E-state index in [0.29, 0.717) is 4.48 Å². The van der Waals surface area contributed by atoms with Crippen LogP contribution >= 0.6 is 15.9 Å². The molecule has 0 spiro atoms. The third-order valence-electron chi connectivity index (χ3n) is 2.90. The number of carbonyl (C=O) groups excluding carboxylic acids is 1. The number of nitro groups is 1. The number of carbonyl (C=O) groups is 1. The summed E-state index contributed by atoms with van der Waals surface area (Å²) in [7, 11) is 0. The summed E-state index contributed by atoms with van der Waals surface area (Å²) in [6.45, 7) is -0.387. The predicted octanol–water partition coefficient (Wildman–Crippen LogP) is 3.51. The molecule has 1 N–H and O–H groups in total. The molecule has 0 fully saturated rings. The first-order valence-corrected chi connectivity index (χ1v) is 7.96. The molecule has 1 amide bonds. The number of hydrazone groups is 1. The van der Waals surface area contributed by atoms with E-state index in [1.807, 2.05) is 36.4 Å². The summed E-state index contributed by atoms with van der Waals surface area (Å²) in [5, 5.41) is 14.6. The molecule has 2 rings (SSSR count). The minimum atomic E-state index is -0.573. The van der Waals surface area contributed by atoms with Gasteiger partial charge < -0.3 is 4.74 Å². The molecule has 0 saturated heterocycles. The molecule has 0 radical (unpaired) electrons. The van der Waals surface area contributed by atoms with Crippen LogP contribution in [0.4, 0.5) is 5.69 Å². The molecule has 0 unspecified atom stereocenters. The third kappa shape index (κ3) is 6.19. The van der Waals surface area contributed by atoms with Gasteiger partial charge in [-0.05, 0) is 33.6 Å². The summed E-state index contributed by atoms with van der Waals surface area (Å²) in [5.74, 6) is -0.508. The Bertz CT molecular complexity index is 807. The Morgan fingerprint density at radius 3 is 2.60 bits per heavy atom. The molecule has 0 aliphatic rings. The average Bonchev–Trinajstić information content (AvgIpc) is 2.61. The molecule has 0 saturated carbocycles. The van der Waals surface area contributed by atoms with Crippen LogP contribution in [0.15, 0.2) is 64.2 Å². The molecular weight excluding hydrogens is 390 g/mol. The minimum absolute atomic E-state index is 0.0248. The smallest absolute Gasteiger partial charge is 0.310 e. The minimum Gasteiger partial charge on any atom is -0.477 e. The largest absolute Gasteiger partial charge is 0.477 e. The van der Waals surface area contributed by atoms with Crippen LogP contribution in [-0.4, -0.2) is 23.7 Å². The average molecular weight is 404 g/mol. The Balaban J connectivity index is 1.85. The molecule has 0 aliphatic heterocycles. The zero-order valence-corrected chi connectivity index (χ0v) is 14.5. The first-order valence-electron chi connectivity index (χ1n) is 7.16. The van der Waals surface area contributed by atoms with Crippen LogP contribution in [0.5, 0.6) is 5.75 Å². The van der Waals surface area contributed by atoms with Crippen molar-refractivity contribution in [1.82, 2.24) is 5.43 Å². The second kappa shape index (κ2) is 9.33. The van der Waals surface area contributed by atoms with Crippen LogP contribution in [0.2, 0.25) is 0 Å². The highest BCUT2D eigenvalue weighted by atomic mass is 79.9. The maximum Gasteiger partial charge on any atom is 0.310 e. The fourth-order valence-corrected chi connectivity index (χ4v) is 2.18. The van der Waals surface area contributed by atoms with E-state index in [4.69, 9.17) is 4.74 Å². The van der Waals surface area contributed by atoms with Crippen molar-refractivity contribution in [1.29, 1.82) is 0 Å². The Labute approximate surface area is 152 Å². The lowest BCUT2D eigenvalue weighted by Gasteiger charge is -2.05. The highest BCUT2D eigenvalue weighted by molar-refractivity contribution is 9.12. The Hall–Kier alpha value is -3.00. The number of nitro benzene ring substituents is 1. The zero-order chi connectivity index (χ0) is 18.1. The summed E-state index contributed by atoms with van der Waals surface area (Å²) in [6.07, 6.45) is 3.26. The first-order chi connectivity index (χ1) is 12.1. The summed E-state index contributed by atoms with van der Waals surface area (Å²) in [4.78, 5) is 22.0. The van der Waals surface area contributed by atoms with Crippen molar-refractivity contribution < 1.29 is 14.5 Å². The van der Waals surface area contributed by atoms with Gasteiger partial charge in [-0.15, -0.1) is 0 Å². The lowest BCUT2D eigenvalue weighted by Crippen LogP contribution is -2.24. The lowest BCUT2D eigenvalue weighted by molar-refractivity contribution is -0.385. The van der Waals surface area contributed by atoms with Gasteiger partial charge in [0.05, 0.1) is 11.1 Å². The van der Waals surface area contributed by atoms with Gasteiger partial charge in [-0.1, -0.05) is 42.5 Å². The maximum absolute atomic E-state index is 11.7. The van der Waals surface area contributed by atoms with E-state index in [1.54, 1.807) is 6.07 Å². The van der Waals surface area contributed by atoms with Crippen molar-refractivity contribution >= 4 is 39.8 Å². The van der Waals surface area contributed by atoms with Crippen LogP contribution in [0.1, 0.15) is 5.56 Å². The van der Waals surface area contributed by atoms with Crippen LogP contribution in [0.3, 0.4) is 0 Å². The van der Waals surface area contributed by atoms with Crippen molar-refractivity contribution in [3.8, 4) is 5.75 Å². The molecule has 8 heteroatoms. The third-order valence-corrected chi connectivity index (χ3v) is 3.34. The second-order valence-corrected chi connectivity index (χ2v) is 5.66. The number of rotatable bonds is 7. The van der Waals surface area contributed by atoms with Gasteiger partial charge in [-0.2, -0.15) is 5.10 Å². The fraction of sp³-hybridized carbons (Fsp3) is 0.0588. The molecule has 128 valence electrons. The number of nitrogens with one attached hydrogen (secondary N) is 1. The molecule has 2 aromatic rings. The van der Waals surface area contributed by atoms with Gasteiger partial charge in [0.1, 0.15) is 0 Å². The van der Waals surface area contributed by atoms with E-state index in [0.717, 1.165) is 5.56 Å². The lowest BCUT2D eigenvalue weighted by atomic mass is 10.2. The Morgan fingerprint density at radius 2 is 1.88 bits per heavy atom. The summed E-state index contributed by atoms with van der Waals surface area (Å²) < 4.78 is 5.82. The van der Waals surface area contributed by atoms with E-state index in [2.05, 4.69) is 26.5 Å². The van der Waals surface area contributed by atoms with Crippen molar-refractivity contribution in [3.05, 3.63) is 74.8 Å². The van der Waals surface area contributed by atoms with E-state index in [9.17, 15) is 14.9 Å². The topological polar surface area (TPSA) is 93.8 Å². The molecule has 0 bridgehead atoms. The van der Waals surface area contributed by atoms with Crippen LogP contribution in [-0.2, 0) is 4.79 Å². The quantitative estimate of drug-likeness (QED) is 0.434. The summed E-state index contributed by atoms with van der Waals surface area (Å²) >= 11 is 3.32. The van der Waals surface area contributed by atoms with Gasteiger partial charge in [-0.25, -0.2) is 5.43 Å². The van der Waals surface area contributed by atoms with Crippen LogP contribution < -0.4 is 10.2 Å². The number of amides is 1. The molecule has 25 heavy (non-hydrogen) atoms. The number of ether oxygens (including phenoxy) is 1. The number of para-hydroxylation sites is 2. The number of hydrogen-bond donors (Lipinski definition) is 1. The van der Waals surface area contributed by atoms with E-state index in [-0.39, 0.29) is 18.0 Å². The number of hydrogen-bond acceptors (Lipinski definition) is 5. The van der Waals surface area contributed by atoms with Gasteiger partial charge in [0.2, 0.25) is 0 Å². The van der Waals surface area contributed by atoms with Gasteiger partial charge in [0.15, 0.2) is 12.4 Å². The summed E-state index contributed by atoms with van der Waals surface area (Å²) in [6, 6.07) is 15.4. The van der Waals surface area contributed by atoms with E-state index < -0.39 is 10.8 Å². The van der Waals surface area contributed by atoms with Crippen molar-refractivity contribution in [2.24, 2.45) is 5.10 Å². The van der Waals surface area contributed by atoms with E-state index in [1.165, 1.54) is 24.4 Å². The number of benzene rings is 2.